The van der Waals surface area contributed by atoms with Crippen molar-refractivity contribution < 1.29 is 15.3 Å². The first-order valence-corrected chi connectivity index (χ1v) is 2.20. The monoisotopic (exact) mass is 104 g/mol. The molecule has 0 saturated heterocycles. The molecule has 1 fully saturated rings. The summed E-state index contributed by atoms with van der Waals surface area (Å²) in [6, 6.07) is 0. The highest BCUT2D eigenvalue weighted by molar-refractivity contribution is 5.03. The molecule has 1 saturated carbocycles. The molecule has 0 amide bonds. The van der Waals surface area contributed by atoms with Gasteiger partial charge in [0.1, 0.15) is 5.60 Å². The fourth-order valence-corrected chi connectivity index (χ4v) is 0.446. The Labute approximate surface area is 41.2 Å². The van der Waals surface area contributed by atoms with Crippen LogP contribution in [0.1, 0.15) is 6.42 Å². The van der Waals surface area contributed by atoms with Crippen molar-refractivity contribution in [2.75, 3.05) is 6.61 Å². The second-order valence-electron chi connectivity index (χ2n) is 1.98. The summed E-state index contributed by atoms with van der Waals surface area (Å²) in [5.41, 5.74) is -1.14. The van der Waals surface area contributed by atoms with Crippen molar-refractivity contribution in [1.82, 2.24) is 0 Å². The lowest BCUT2D eigenvalue weighted by molar-refractivity contribution is 0.0329. The zero-order valence-electron chi connectivity index (χ0n) is 3.83. The lowest BCUT2D eigenvalue weighted by Gasteiger charge is -1.98. The quantitative estimate of drug-likeness (QED) is 0.378. The van der Waals surface area contributed by atoms with Gasteiger partial charge in [0.15, 0.2) is 0 Å². The van der Waals surface area contributed by atoms with E-state index in [0.717, 1.165) is 0 Å². The molecule has 1 aliphatic carbocycles. The first-order chi connectivity index (χ1) is 3.19. The summed E-state index contributed by atoms with van der Waals surface area (Å²) in [5.74, 6) is 0. The van der Waals surface area contributed by atoms with Crippen molar-refractivity contribution >= 4 is 0 Å². The van der Waals surface area contributed by atoms with Gasteiger partial charge < -0.3 is 15.3 Å². The molecule has 1 rings (SSSR count). The lowest BCUT2D eigenvalue weighted by atomic mass is 10.4. The first-order valence-electron chi connectivity index (χ1n) is 2.20. The van der Waals surface area contributed by atoms with E-state index in [-0.39, 0.29) is 6.61 Å². The van der Waals surface area contributed by atoms with Crippen LogP contribution in [0.4, 0.5) is 0 Å². The van der Waals surface area contributed by atoms with Crippen LogP contribution in [0.3, 0.4) is 0 Å². The predicted molar refractivity (Wildman–Crippen MR) is 22.7 cm³/mol. The topological polar surface area (TPSA) is 60.7 Å². The van der Waals surface area contributed by atoms with Gasteiger partial charge in [0.2, 0.25) is 0 Å². The van der Waals surface area contributed by atoms with Crippen LogP contribution in [0.2, 0.25) is 0 Å². The molecule has 3 N–H and O–H groups in total. The molecule has 0 aromatic rings. The molecule has 0 radical (unpaired) electrons. The van der Waals surface area contributed by atoms with Gasteiger partial charge in [0.25, 0.3) is 0 Å². The fourth-order valence-electron chi connectivity index (χ4n) is 0.446. The van der Waals surface area contributed by atoms with Gasteiger partial charge in [-0.3, -0.25) is 0 Å². The average Bonchev–Trinajstić information content (AvgIpc) is 2.18. The Morgan fingerprint density at radius 2 is 2.14 bits per heavy atom. The summed E-state index contributed by atoms with van der Waals surface area (Å²) in [6.07, 6.45) is -0.360. The van der Waals surface area contributed by atoms with Crippen LogP contribution >= 0.6 is 0 Å². The Bertz CT molecular complexity index is 79.0. The minimum atomic E-state index is -1.14. The third kappa shape index (κ3) is 0.627. The van der Waals surface area contributed by atoms with Gasteiger partial charge in [-0.1, -0.05) is 0 Å². The molecule has 0 bridgehead atoms. The van der Waals surface area contributed by atoms with E-state index < -0.39 is 11.7 Å². The minimum absolute atomic E-state index is 0.323. The average molecular weight is 104 g/mol. The van der Waals surface area contributed by atoms with Gasteiger partial charge in [-0.15, -0.1) is 0 Å². The van der Waals surface area contributed by atoms with Gasteiger partial charge in [0.05, 0.1) is 12.7 Å². The first kappa shape index (κ1) is 5.03. The van der Waals surface area contributed by atoms with Crippen LogP contribution in [0.25, 0.3) is 0 Å². The standard InChI is InChI=1S/C4H8O3/c5-2-4(7)1-3(4)6/h3,5-7H,1-2H2. The van der Waals surface area contributed by atoms with E-state index in [1.807, 2.05) is 0 Å². The Hall–Kier alpha value is -0.120. The number of aliphatic hydroxyl groups is 3. The van der Waals surface area contributed by atoms with Crippen LogP contribution in [0, 0.1) is 0 Å². The Kier molecular flexibility index (Phi) is 0.849. The molecule has 42 valence electrons. The maximum Gasteiger partial charge on any atom is 0.116 e. The molecular formula is C4H8O3. The van der Waals surface area contributed by atoms with Gasteiger partial charge >= 0.3 is 0 Å². The summed E-state index contributed by atoms with van der Waals surface area (Å²) in [5, 5.41) is 25.4. The summed E-state index contributed by atoms with van der Waals surface area (Å²) < 4.78 is 0. The number of aliphatic hydroxyl groups excluding tert-OH is 2. The van der Waals surface area contributed by atoms with E-state index in [1.165, 1.54) is 0 Å². The van der Waals surface area contributed by atoms with E-state index in [9.17, 15) is 0 Å². The number of hydrogen-bond donors (Lipinski definition) is 3. The molecular weight excluding hydrogens is 96.0 g/mol. The largest absolute Gasteiger partial charge is 0.393 e. The zero-order chi connectivity index (χ0) is 5.49. The highest BCUT2D eigenvalue weighted by Crippen LogP contribution is 2.34. The summed E-state index contributed by atoms with van der Waals surface area (Å²) >= 11 is 0. The van der Waals surface area contributed by atoms with Crippen LogP contribution in [0.15, 0.2) is 0 Å². The van der Waals surface area contributed by atoms with Gasteiger partial charge in [-0.2, -0.15) is 0 Å². The smallest absolute Gasteiger partial charge is 0.116 e. The van der Waals surface area contributed by atoms with E-state index in [1.54, 1.807) is 0 Å². The molecule has 3 nitrogen and oxygen atoms in total. The lowest BCUT2D eigenvalue weighted by Crippen LogP contribution is -2.18. The molecule has 0 spiro atoms. The van der Waals surface area contributed by atoms with Crippen LogP contribution in [-0.4, -0.2) is 33.6 Å². The third-order valence-electron chi connectivity index (χ3n) is 1.28. The second kappa shape index (κ2) is 1.18. The second-order valence-corrected chi connectivity index (χ2v) is 1.98. The molecule has 1 aliphatic rings. The number of rotatable bonds is 1. The molecule has 0 aliphatic heterocycles. The third-order valence-corrected chi connectivity index (χ3v) is 1.28. The van der Waals surface area contributed by atoms with Crippen molar-refractivity contribution in [3.05, 3.63) is 0 Å². The molecule has 2 atom stereocenters. The number of hydrogen-bond acceptors (Lipinski definition) is 3. The molecule has 0 aromatic carbocycles. The molecule has 7 heavy (non-hydrogen) atoms. The van der Waals surface area contributed by atoms with Crippen molar-refractivity contribution in [2.45, 2.75) is 18.1 Å². The highest BCUT2D eigenvalue weighted by atomic mass is 16.4. The normalized spacial score (nSPS) is 49.3. The molecule has 0 heterocycles. The maximum absolute atomic E-state index is 8.71. The molecule has 0 aromatic heterocycles. The van der Waals surface area contributed by atoms with E-state index in [2.05, 4.69) is 0 Å². The Balaban J connectivity index is 2.36. The van der Waals surface area contributed by atoms with Gasteiger partial charge in [-0.25, -0.2) is 0 Å². The van der Waals surface area contributed by atoms with Gasteiger partial charge in [0, 0.05) is 6.42 Å². The summed E-state index contributed by atoms with van der Waals surface area (Å²) in [7, 11) is 0. The predicted octanol–water partition coefficient (Wildman–Crippen LogP) is -1.53. The summed E-state index contributed by atoms with van der Waals surface area (Å²) in [4.78, 5) is 0. The fraction of sp³-hybridized carbons (Fsp3) is 1.00. The zero-order valence-corrected chi connectivity index (χ0v) is 3.83. The molecule has 3 heteroatoms. The van der Waals surface area contributed by atoms with Crippen LogP contribution in [-0.2, 0) is 0 Å². The van der Waals surface area contributed by atoms with Crippen molar-refractivity contribution in [3.63, 3.8) is 0 Å². The van der Waals surface area contributed by atoms with Gasteiger partial charge in [-0.05, 0) is 0 Å². The van der Waals surface area contributed by atoms with E-state index in [4.69, 9.17) is 15.3 Å². The minimum Gasteiger partial charge on any atom is -0.393 e. The van der Waals surface area contributed by atoms with E-state index >= 15 is 0 Å². The summed E-state index contributed by atoms with van der Waals surface area (Å²) in [6.45, 7) is -0.325. The highest BCUT2D eigenvalue weighted by Gasteiger charge is 2.51. The maximum atomic E-state index is 8.71. The van der Waals surface area contributed by atoms with Crippen LogP contribution in [0.5, 0.6) is 0 Å². The van der Waals surface area contributed by atoms with E-state index in [0.29, 0.717) is 6.42 Å². The Morgan fingerprint density at radius 3 is 2.14 bits per heavy atom. The SMILES string of the molecule is OCC1(O)CC1O. The van der Waals surface area contributed by atoms with Crippen LogP contribution < -0.4 is 0 Å². The molecule has 2 unspecified atom stereocenters. The Morgan fingerprint density at radius 1 is 1.71 bits per heavy atom. The van der Waals surface area contributed by atoms with Crippen molar-refractivity contribution in [2.24, 2.45) is 0 Å². The van der Waals surface area contributed by atoms with Crippen molar-refractivity contribution in [1.29, 1.82) is 0 Å². The van der Waals surface area contributed by atoms with Crippen molar-refractivity contribution in [3.8, 4) is 0 Å².